The average molecular weight is 278 g/mol. The minimum absolute atomic E-state index is 0.194. The lowest BCUT2D eigenvalue weighted by atomic mass is 10.1. The van der Waals surface area contributed by atoms with E-state index < -0.39 is 17.8 Å². The number of hydrogen-bond donors (Lipinski definition) is 1. The summed E-state index contributed by atoms with van der Waals surface area (Å²) in [6.45, 7) is 1.82. The topological polar surface area (TPSA) is 51.2 Å². The molecule has 0 spiro atoms. The molecule has 0 aliphatic heterocycles. The van der Waals surface area contributed by atoms with Crippen LogP contribution in [0.3, 0.4) is 0 Å². The predicted octanol–water partition coefficient (Wildman–Crippen LogP) is 2.93. The Morgan fingerprint density at radius 2 is 2.00 bits per heavy atom. The molecule has 0 saturated heterocycles. The number of aromatic nitrogens is 1. The number of carbonyl (C=O) groups is 1. The molecule has 0 aliphatic carbocycles. The molecule has 2 aromatic rings. The maximum absolute atomic E-state index is 13.4. The molecule has 0 bridgehead atoms. The molecule has 0 radical (unpaired) electrons. The number of carbonyl (C=O) groups excluding carboxylic acids is 1. The molecule has 2 rings (SSSR count). The summed E-state index contributed by atoms with van der Waals surface area (Å²) in [6.07, 6.45) is 0. The number of halogens is 2. The SMILES string of the molecule is COc1ccc(C)cc1C(=O)Nc1ccc(F)nc1F. The van der Waals surface area contributed by atoms with E-state index in [0.29, 0.717) is 5.75 Å². The van der Waals surface area contributed by atoms with Gasteiger partial charge in [0.1, 0.15) is 5.75 Å². The first kappa shape index (κ1) is 13.9. The Balaban J connectivity index is 2.30. The van der Waals surface area contributed by atoms with Gasteiger partial charge in [-0.05, 0) is 31.2 Å². The third-order valence-electron chi connectivity index (χ3n) is 2.66. The van der Waals surface area contributed by atoms with Crippen molar-refractivity contribution in [2.45, 2.75) is 6.92 Å². The average Bonchev–Trinajstić information content (AvgIpc) is 2.41. The van der Waals surface area contributed by atoms with Crippen molar-refractivity contribution in [3.05, 3.63) is 53.4 Å². The van der Waals surface area contributed by atoms with Crippen molar-refractivity contribution in [1.29, 1.82) is 0 Å². The molecule has 0 atom stereocenters. The van der Waals surface area contributed by atoms with Crippen molar-refractivity contribution in [2.75, 3.05) is 12.4 Å². The summed E-state index contributed by atoms with van der Waals surface area (Å²) < 4.78 is 31.2. The molecule has 1 heterocycles. The Morgan fingerprint density at radius 3 is 2.65 bits per heavy atom. The van der Waals surface area contributed by atoms with Crippen LogP contribution in [-0.4, -0.2) is 18.0 Å². The number of amides is 1. The second kappa shape index (κ2) is 5.64. The van der Waals surface area contributed by atoms with Crippen LogP contribution in [0.2, 0.25) is 0 Å². The summed E-state index contributed by atoms with van der Waals surface area (Å²) in [7, 11) is 1.43. The molecule has 4 nitrogen and oxygen atoms in total. The molecule has 0 fully saturated rings. The highest BCUT2D eigenvalue weighted by atomic mass is 19.1. The molecule has 0 unspecified atom stereocenters. The number of nitrogens with one attached hydrogen (secondary N) is 1. The summed E-state index contributed by atoms with van der Waals surface area (Å²) in [5.74, 6) is -2.22. The number of nitrogens with zero attached hydrogens (tertiary/aromatic N) is 1. The lowest BCUT2D eigenvalue weighted by molar-refractivity contribution is 0.102. The Morgan fingerprint density at radius 1 is 1.25 bits per heavy atom. The third kappa shape index (κ3) is 2.90. The van der Waals surface area contributed by atoms with E-state index in [1.165, 1.54) is 7.11 Å². The minimum atomic E-state index is -1.08. The van der Waals surface area contributed by atoms with E-state index in [9.17, 15) is 13.6 Å². The standard InChI is InChI=1S/C14H12F2N2O2/c1-8-3-5-11(20-2)9(7-8)14(19)17-10-4-6-12(15)18-13(10)16/h3-7H,1-2H3,(H,17,19). The van der Waals surface area contributed by atoms with Crippen LogP contribution in [0.5, 0.6) is 5.75 Å². The number of aryl methyl sites for hydroxylation is 1. The van der Waals surface area contributed by atoms with Crippen LogP contribution in [0.15, 0.2) is 30.3 Å². The zero-order chi connectivity index (χ0) is 14.7. The van der Waals surface area contributed by atoms with Gasteiger partial charge in [-0.15, -0.1) is 0 Å². The van der Waals surface area contributed by atoms with Gasteiger partial charge < -0.3 is 10.1 Å². The molecule has 20 heavy (non-hydrogen) atoms. The van der Waals surface area contributed by atoms with E-state index >= 15 is 0 Å². The fourth-order valence-corrected chi connectivity index (χ4v) is 1.69. The highest BCUT2D eigenvalue weighted by Crippen LogP contribution is 2.21. The van der Waals surface area contributed by atoms with E-state index in [-0.39, 0.29) is 11.3 Å². The molecule has 1 amide bonds. The smallest absolute Gasteiger partial charge is 0.259 e. The fourth-order valence-electron chi connectivity index (χ4n) is 1.69. The van der Waals surface area contributed by atoms with E-state index in [4.69, 9.17) is 4.74 Å². The first-order valence-electron chi connectivity index (χ1n) is 5.79. The van der Waals surface area contributed by atoms with Gasteiger partial charge in [0.15, 0.2) is 0 Å². The number of anilines is 1. The first-order chi connectivity index (χ1) is 9.51. The second-order valence-electron chi connectivity index (χ2n) is 4.13. The lowest BCUT2D eigenvalue weighted by Gasteiger charge is -2.10. The van der Waals surface area contributed by atoms with Crippen molar-refractivity contribution < 1.29 is 18.3 Å². The lowest BCUT2D eigenvalue weighted by Crippen LogP contribution is -2.15. The minimum Gasteiger partial charge on any atom is -0.496 e. The van der Waals surface area contributed by atoms with Gasteiger partial charge in [-0.25, -0.2) is 0 Å². The van der Waals surface area contributed by atoms with Gasteiger partial charge in [0.2, 0.25) is 11.9 Å². The van der Waals surface area contributed by atoms with Crippen molar-refractivity contribution in [3.8, 4) is 5.75 Å². The van der Waals surface area contributed by atoms with Crippen LogP contribution in [0, 0.1) is 18.8 Å². The number of rotatable bonds is 3. The van der Waals surface area contributed by atoms with Crippen LogP contribution < -0.4 is 10.1 Å². The Kier molecular flexibility index (Phi) is 3.93. The molecule has 1 aromatic carbocycles. The number of methoxy groups -OCH3 is 1. The molecule has 6 heteroatoms. The maximum atomic E-state index is 13.4. The summed E-state index contributed by atoms with van der Waals surface area (Å²) in [5, 5.41) is 2.33. The van der Waals surface area contributed by atoms with Gasteiger partial charge in [-0.1, -0.05) is 11.6 Å². The molecule has 0 saturated carbocycles. The first-order valence-corrected chi connectivity index (χ1v) is 5.79. The van der Waals surface area contributed by atoms with Gasteiger partial charge >= 0.3 is 0 Å². The summed E-state index contributed by atoms with van der Waals surface area (Å²) >= 11 is 0. The van der Waals surface area contributed by atoms with Crippen molar-refractivity contribution in [1.82, 2.24) is 4.98 Å². The fraction of sp³-hybridized carbons (Fsp3) is 0.143. The molecule has 1 aromatic heterocycles. The molecular formula is C14H12F2N2O2. The van der Waals surface area contributed by atoms with Gasteiger partial charge in [-0.2, -0.15) is 13.8 Å². The van der Waals surface area contributed by atoms with E-state index in [1.807, 2.05) is 6.92 Å². The summed E-state index contributed by atoms with van der Waals surface area (Å²) in [5.41, 5.74) is 0.921. The van der Waals surface area contributed by atoms with Gasteiger partial charge in [0.05, 0.1) is 18.4 Å². The highest BCUT2D eigenvalue weighted by Gasteiger charge is 2.15. The Bertz CT molecular complexity index is 660. The summed E-state index contributed by atoms with van der Waals surface area (Å²) in [4.78, 5) is 15.1. The summed E-state index contributed by atoms with van der Waals surface area (Å²) in [6, 6.07) is 7.12. The van der Waals surface area contributed by atoms with Gasteiger partial charge in [-0.3, -0.25) is 4.79 Å². The largest absolute Gasteiger partial charge is 0.496 e. The predicted molar refractivity (Wildman–Crippen MR) is 69.8 cm³/mol. The van der Waals surface area contributed by atoms with Gasteiger partial charge in [0.25, 0.3) is 5.91 Å². The second-order valence-corrected chi connectivity index (χ2v) is 4.13. The van der Waals surface area contributed by atoms with E-state index in [0.717, 1.165) is 17.7 Å². The maximum Gasteiger partial charge on any atom is 0.259 e. The Hall–Kier alpha value is -2.50. The third-order valence-corrected chi connectivity index (χ3v) is 2.66. The highest BCUT2D eigenvalue weighted by molar-refractivity contribution is 6.06. The zero-order valence-electron chi connectivity index (χ0n) is 10.9. The molecule has 1 N–H and O–H groups in total. The van der Waals surface area contributed by atoms with Crippen LogP contribution in [0.1, 0.15) is 15.9 Å². The van der Waals surface area contributed by atoms with Crippen LogP contribution >= 0.6 is 0 Å². The van der Waals surface area contributed by atoms with Crippen LogP contribution in [0.4, 0.5) is 14.5 Å². The van der Waals surface area contributed by atoms with Crippen molar-refractivity contribution in [2.24, 2.45) is 0 Å². The van der Waals surface area contributed by atoms with Crippen molar-refractivity contribution in [3.63, 3.8) is 0 Å². The zero-order valence-corrected chi connectivity index (χ0v) is 10.9. The van der Waals surface area contributed by atoms with E-state index in [1.54, 1.807) is 18.2 Å². The quantitative estimate of drug-likeness (QED) is 0.878. The van der Waals surface area contributed by atoms with Gasteiger partial charge in [0, 0.05) is 0 Å². The monoisotopic (exact) mass is 278 g/mol. The molecule has 0 aliphatic rings. The number of hydrogen-bond acceptors (Lipinski definition) is 3. The molecular weight excluding hydrogens is 266 g/mol. The van der Waals surface area contributed by atoms with Crippen LogP contribution in [-0.2, 0) is 0 Å². The number of benzene rings is 1. The van der Waals surface area contributed by atoms with E-state index in [2.05, 4.69) is 10.3 Å². The Labute approximate surface area is 114 Å². The van der Waals surface area contributed by atoms with Crippen LogP contribution in [0.25, 0.3) is 0 Å². The molecule has 104 valence electrons. The number of ether oxygens (including phenoxy) is 1. The normalized spacial score (nSPS) is 10.2. The van der Waals surface area contributed by atoms with Crippen molar-refractivity contribution >= 4 is 11.6 Å². The number of pyridine rings is 1.